The lowest BCUT2D eigenvalue weighted by atomic mass is 10.0. The van der Waals surface area contributed by atoms with Crippen molar-refractivity contribution in [2.45, 2.75) is 44.5 Å². The van der Waals surface area contributed by atoms with Crippen molar-refractivity contribution in [3.8, 4) is 0 Å². The van der Waals surface area contributed by atoms with Gasteiger partial charge in [-0.3, -0.25) is 0 Å². The summed E-state index contributed by atoms with van der Waals surface area (Å²) in [5.74, 6) is 1.78. The zero-order chi connectivity index (χ0) is 12.6. The van der Waals surface area contributed by atoms with Crippen LogP contribution in [0.3, 0.4) is 0 Å². The van der Waals surface area contributed by atoms with Crippen LogP contribution < -0.4 is 0 Å². The summed E-state index contributed by atoms with van der Waals surface area (Å²) < 4.78 is 1.98. The number of thiol groups is 1. The maximum atomic E-state index is 5.35. The highest BCUT2D eigenvalue weighted by Gasteiger charge is 2.34. The largest absolute Gasteiger partial charge is 0.389 e. The average Bonchev–Trinajstić information content (AvgIpc) is 2.80. The van der Waals surface area contributed by atoms with Crippen LogP contribution in [0.5, 0.6) is 0 Å². The second-order valence-corrected chi connectivity index (χ2v) is 5.42. The molecule has 0 N–H and O–H groups in total. The van der Waals surface area contributed by atoms with Crippen molar-refractivity contribution in [1.82, 2.24) is 14.8 Å². The molecule has 94 valence electrons. The van der Waals surface area contributed by atoms with E-state index in [1.807, 2.05) is 25.5 Å². The molecule has 5 nitrogen and oxygen atoms in total. The Balaban J connectivity index is 2.21. The number of aryl methyl sites for hydroxylation is 1. The van der Waals surface area contributed by atoms with E-state index in [4.69, 9.17) is 4.84 Å². The van der Waals surface area contributed by atoms with E-state index in [0.29, 0.717) is 0 Å². The normalized spacial score (nSPS) is 19.9. The number of aromatic nitrogens is 3. The first kappa shape index (κ1) is 12.4. The summed E-state index contributed by atoms with van der Waals surface area (Å²) in [6, 6.07) is 0. The Hall–Kier alpha value is -1.04. The summed E-state index contributed by atoms with van der Waals surface area (Å²) in [7, 11) is 1.96. The number of hydrogen-bond donors (Lipinski definition) is 1. The van der Waals surface area contributed by atoms with Crippen molar-refractivity contribution in [3.05, 3.63) is 11.6 Å². The summed E-state index contributed by atoms with van der Waals surface area (Å²) in [6.07, 6.45) is 1.63. The minimum Gasteiger partial charge on any atom is -0.389 e. The Morgan fingerprint density at radius 1 is 1.47 bits per heavy atom. The Kier molecular flexibility index (Phi) is 3.16. The van der Waals surface area contributed by atoms with Gasteiger partial charge in [0.2, 0.25) is 0 Å². The summed E-state index contributed by atoms with van der Waals surface area (Å²) >= 11 is 4.58. The van der Waals surface area contributed by atoms with Gasteiger partial charge in [0.1, 0.15) is 16.7 Å². The fraction of sp³-hybridized carbons (Fsp3) is 0.727. The molecular formula is C11H18N4OS. The highest BCUT2D eigenvalue weighted by molar-refractivity contribution is 7.81. The topological polar surface area (TPSA) is 52.3 Å². The van der Waals surface area contributed by atoms with E-state index >= 15 is 0 Å². The Morgan fingerprint density at radius 2 is 2.18 bits per heavy atom. The molecule has 0 saturated heterocycles. The van der Waals surface area contributed by atoms with Crippen LogP contribution in [0.2, 0.25) is 0 Å². The molecule has 0 amide bonds. The van der Waals surface area contributed by atoms with E-state index in [1.165, 1.54) is 0 Å². The van der Waals surface area contributed by atoms with Crippen molar-refractivity contribution >= 4 is 18.3 Å². The van der Waals surface area contributed by atoms with Gasteiger partial charge in [0.15, 0.2) is 5.82 Å². The molecule has 1 aliphatic rings. The standard InChI is InChI=1S/C11H18N4OS/c1-5-8-12-13-10(15(8)4)9(17)7-6-11(2,3)16-14-7/h9,17H,5-6H2,1-4H3. The summed E-state index contributed by atoms with van der Waals surface area (Å²) in [5.41, 5.74) is 0.680. The van der Waals surface area contributed by atoms with Crippen molar-refractivity contribution in [3.63, 3.8) is 0 Å². The van der Waals surface area contributed by atoms with Crippen LogP contribution in [0.4, 0.5) is 0 Å². The van der Waals surface area contributed by atoms with Crippen LogP contribution in [0.25, 0.3) is 0 Å². The molecule has 0 aromatic carbocycles. The Bertz CT molecular complexity index is 452. The molecule has 2 heterocycles. The summed E-state index contributed by atoms with van der Waals surface area (Å²) in [6.45, 7) is 6.08. The third-order valence-electron chi connectivity index (χ3n) is 2.89. The zero-order valence-electron chi connectivity index (χ0n) is 10.6. The first-order valence-corrected chi connectivity index (χ1v) is 6.27. The minimum atomic E-state index is -0.234. The molecule has 0 radical (unpaired) electrons. The maximum Gasteiger partial charge on any atom is 0.151 e. The highest BCUT2D eigenvalue weighted by atomic mass is 32.1. The fourth-order valence-electron chi connectivity index (χ4n) is 1.90. The Morgan fingerprint density at radius 3 is 2.65 bits per heavy atom. The van der Waals surface area contributed by atoms with Gasteiger partial charge in [0, 0.05) is 19.9 Å². The van der Waals surface area contributed by atoms with Gasteiger partial charge in [-0.15, -0.1) is 10.2 Å². The van der Waals surface area contributed by atoms with Gasteiger partial charge in [0.25, 0.3) is 0 Å². The van der Waals surface area contributed by atoms with Gasteiger partial charge in [-0.2, -0.15) is 12.6 Å². The first-order valence-electron chi connectivity index (χ1n) is 5.76. The number of rotatable bonds is 3. The first-order chi connectivity index (χ1) is 7.94. The third kappa shape index (κ3) is 2.31. The van der Waals surface area contributed by atoms with E-state index in [9.17, 15) is 0 Å². The van der Waals surface area contributed by atoms with E-state index < -0.39 is 0 Å². The van der Waals surface area contributed by atoms with Crippen LogP contribution in [0.15, 0.2) is 5.16 Å². The molecule has 1 aliphatic heterocycles. The van der Waals surface area contributed by atoms with Gasteiger partial charge in [-0.1, -0.05) is 12.1 Å². The molecule has 1 aromatic heterocycles. The quantitative estimate of drug-likeness (QED) is 0.838. The van der Waals surface area contributed by atoms with E-state index in [2.05, 4.69) is 34.9 Å². The molecule has 1 aromatic rings. The van der Waals surface area contributed by atoms with Crippen molar-refractivity contribution in [1.29, 1.82) is 0 Å². The molecule has 1 unspecified atom stereocenters. The number of hydrogen-bond acceptors (Lipinski definition) is 5. The predicted molar refractivity (Wildman–Crippen MR) is 69.3 cm³/mol. The van der Waals surface area contributed by atoms with Crippen molar-refractivity contribution in [2.24, 2.45) is 12.2 Å². The Labute approximate surface area is 107 Å². The van der Waals surface area contributed by atoms with Crippen LogP contribution in [-0.4, -0.2) is 26.1 Å². The van der Waals surface area contributed by atoms with E-state index in [-0.39, 0.29) is 10.9 Å². The maximum absolute atomic E-state index is 5.35. The molecule has 0 fully saturated rings. The van der Waals surface area contributed by atoms with Gasteiger partial charge in [-0.25, -0.2) is 0 Å². The number of nitrogens with zero attached hydrogens (tertiary/aromatic N) is 4. The van der Waals surface area contributed by atoms with Crippen LogP contribution in [-0.2, 0) is 18.3 Å². The SMILES string of the molecule is CCc1nnc(C(S)C2=NOC(C)(C)C2)n1C. The van der Waals surface area contributed by atoms with E-state index in [0.717, 1.165) is 30.2 Å². The minimum absolute atomic E-state index is 0.144. The third-order valence-corrected chi connectivity index (χ3v) is 3.42. The lowest BCUT2D eigenvalue weighted by Gasteiger charge is -2.14. The van der Waals surface area contributed by atoms with Gasteiger partial charge < -0.3 is 9.40 Å². The molecule has 0 bridgehead atoms. The van der Waals surface area contributed by atoms with Crippen LogP contribution in [0.1, 0.15) is 44.1 Å². The average molecular weight is 254 g/mol. The van der Waals surface area contributed by atoms with Gasteiger partial charge >= 0.3 is 0 Å². The van der Waals surface area contributed by atoms with Gasteiger partial charge in [-0.05, 0) is 13.8 Å². The molecule has 0 aliphatic carbocycles. The molecule has 0 spiro atoms. The predicted octanol–water partition coefficient (Wildman–Crippen LogP) is 1.90. The monoisotopic (exact) mass is 254 g/mol. The second-order valence-electron chi connectivity index (χ2n) is 4.90. The fourth-order valence-corrected chi connectivity index (χ4v) is 2.26. The summed E-state index contributed by atoms with van der Waals surface area (Å²) in [4.78, 5) is 5.35. The van der Waals surface area contributed by atoms with Gasteiger partial charge in [0.05, 0.1) is 5.71 Å². The van der Waals surface area contributed by atoms with E-state index in [1.54, 1.807) is 0 Å². The lowest BCUT2D eigenvalue weighted by molar-refractivity contribution is 0.0123. The van der Waals surface area contributed by atoms with Crippen molar-refractivity contribution < 1.29 is 4.84 Å². The van der Waals surface area contributed by atoms with Crippen molar-refractivity contribution in [2.75, 3.05) is 0 Å². The summed E-state index contributed by atoms with van der Waals surface area (Å²) in [5, 5.41) is 12.3. The zero-order valence-corrected chi connectivity index (χ0v) is 11.5. The van der Waals surface area contributed by atoms with Crippen LogP contribution in [0, 0.1) is 0 Å². The molecule has 2 rings (SSSR count). The smallest absolute Gasteiger partial charge is 0.151 e. The molecule has 6 heteroatoms. The number of oxime groups is 1. The highest BCUT2D eigenvalue weighted by Crippen LogP contribution is 2.31. The molecule has 17 heavy (non-hydrogen) atoms. The molecular weight excluding hydrogens is 236 g/mol. The molecule has 1 atom stereocenters. The molecule has 0 saturated carbocycles. The lowest BCUT2D eigenvalue weighted by Crippen LogP contribution is -2.21. The van der Waals surface area contributed by atoms with Crippen LogP contribution >= 0.6 is 12.6 Å². The second kappa shape index (κ2) is 4.33.